The Morgan fingerprint density at radius 2 is 1.81 bits per heavy atom. The summed E-state index contributed by atoms with van der Waals surface area (Å²) in [5.74, 6) is -0.271. The first-order valence-corrected chi connectivity index (χ1v) is 9.15. The smallest absolute Gasteiger partial charge is 0.339 e. The minimum Gasteiger partial charge on any atom is -0.484 e. The van der Waals surface area contributed by atoms with Crippen LogP contribution in [0.2, 0.25) is 5.02 Å². The molecule has 0 saturated carbocycles. The van der Waals surface area contributed by atoms with Crippen LogP contribution in [0.1, 0.15) is 28.4 Å². The highest BCUT2D eigenvalue weighted by molar-refractivity contribution is 9.10. The SMILES string of the molecule is CCOC(=O)c1cc(NC(=O)COc2cc(C)c(Br)c(C)c2)ccc1Cl. The van der Waals surface area contributed by atoms with Crippen molar-refractivity contribution in [2.75, 3.05) is 18.5 Å². The highest BCUT2D eigenvalue weighted by atomic mass is 79.9. The first-order chi connectivity index (χ1) is 12.3. The summed E-state index contributed by atoms with van der Waals surface area (Å²) in [7, 11) is 0. The quantitative estimate of drug-likeness (QED) is 0.648. The lowest BCUT2D eigenvalue weighted by molar-refractivity contribution is -0.118. The largest absolute Gasteiger partial charge is 0.484 e. The van der Waals surface area contributed by atoms with E-state index in [1.54, 1.807) is 13.0 Å². The van der Waals surface area contributed by atoms with Crippen molar-refractivity contribution in [1.29, 1.82) is 0 Å². The summed E-state index contributed by atoms with van der Waals surface area (Å²) in [5.41, 5.74) is 2.69. The van der Waals surface area contributed by atoms with Crippen molar-refractivity contribution >= 4 is 45.1 Å². The van der Waals surface area contributed by atoms with Crippen LogP contribution < -0.4 is 10.1 Å². The molecular formula is C19H19BrClNO4. The minimum absolute atomic E-state index is 0.155. The van der Waals surface area contributed by atoms with Gasteiger partial charge in [-0.2, -0.15) is 0 Å². The summed E-state index contributed by atoms with van der Waals surface area (Å²) in [6.45, 7) is 5.70. The van der Waals surface area contributed by atoms with E-state index in [1.165, 1.54) is 12.1 Å². The summed E-state index contributed by atoms with van der Waals surface area (Å²) in [6.07, 6.45) is 0. The van der Waals surface area contributed by atoms with Gasteiger partial charge in [0.25, 0.3) is 5.91 Å². The third-order valence-electron chi connectivity index (χ3n) is 3.53. The van der Waals surface area contributed by atoms with Crippen LogP contribution in [-0.4, -0.2) is 25.1 Å². The average molecular weight is 441 g/mol. The maximum Gasteiger partial charge on any atom is 0.339 e. The van der Waals surface area contributed by atoms with Gasteiger partial charge in [0, 0.05) is 10.2 Å². The molecule has 0 aliphatic rings. The zero-order valence-electron chi connectivity index (χ0n) is 14.7. The van der Waals surface area contributed by atoms with Crippen LogP contribution in [0.4, 0.5) is 5.69 Å². The van der Waals surface area contributed by atoms with Crippen molar-refractivity contribution in [2.45, 2.75) is 20.8 Å². The molecule has 0 aliphatic heterocycles. The number of carbonyl (C=O) groups is 2. The monoisotopic (exact) mass is 439 g/mol. The van der Waals surface area contributed by atoms with E-state index in [2.05, 4.69) is 21.2 Å². The molecule has 2 aromatic rings. The van der Waals surface area contributed by atoms with E-state index < -0.39 is 5.97 Å². The Labute approximate surface area is 165 Å². The second-order valence-electron chi connectivity index (χ2n) is 5.62. The predicted molar refractivity (Wildman–Crippen MR) is 105 cm³/mol. The number of amides is 1. The van der Waals surface area contributed by atoms with Gasteiger partial charge < -0.3 is 14.8 Å². The molecular weight excluding hydrogens is 422 g/mol. The maximum atomic E-state index is 12.1. The Hall–Kier alpha value is -2.05. The fourth-order valence-electron chi connectivity index (χ4n) is 2.30. The normalized spacial score (nSPS) is 10.3. The number of ether oxygens (including phenoxy) is 2. The van der Waals surface area contributed by atoms with Gasteiger partial charge in [-0.15, -0.1) is 0 Å². The Morgan fingerprint density at radius 3 is 2.42 bits per heavy atom. The number of rotatable bonds is 6. The number of halogens is 2. The summed E-state index contributed by atoms with van der Waals surface area (Å²) in [6, 6.07) is 8.33. The van der Waals surface area contributed by atoms with E-state index in [0.717, 1.165) is 15.6 Å². The second-order valence-corrected chi connectivity index (χ2v) is 6.82. The van der Waals surface area contributed by atoms with Crippen LogP contribution in [0.25, 0.3) is 0 Å². The van der Waals surface area contributed by atoms with Crippen LogP contribution in [0.15, 0.2) is 34.8 Å². The molecule has 0 heterocycles. The Kier molecular flexibility index (Phi) is 7.06. The summed E-state index contributed by atoms with van der Waals surface area (Å²) in [4.78, 5) is 24.0. The Balaban J connectivity index is 2.02. The molecule has 138 valence electrons. The van der Waals surface area contributed by atoms with Crippen molar-refractivity contribution in [3.05, 3.63) is 56.5 Å². The van der Waals surface area contributed by atoms with Crippen molar-refractivity contribution in [1.82, 2.24) is 0 Å². The molecule has 0 bridgehead atoms. The molecule has 0 atom stereocenters. The Morgan fingerprint density at radius 1 is 1.15 bits per heavy atom. The molecule has 0 radical (unpaired) electrons. The number of esters is 1. The van der Waals surface area contributed by atoms with Gasteiger partial charge in [-0.3, -0.25) is 4.79 Å². The second kappa shape index (κ2) is 9.05. The van der Waals surface area contributed by atoms with E-state index in [1.807, 2.05) is 26.0 Å². The predicted octanol–water partition coefficient (Wildman–Crippen LogP) is 4.91. The minimum atomic E-state index is -0.536. The van der Waals surface area contributed by atoms with Gasteiger partial charge in [0.05, 0.1) is 17.2 Å². The molecule has 1 amide bonds. The summed E-state index contributed by atoms with van der Waals surface area (Å²) >= 11 is 9.49. The molecule has 0 saturated heterocycles. The van der Waals surface area contributed by atoms with Gasteiger partial charge in [0.2, 0.25) is 0 Å². The van der Waals surface area contributed by atoms with Crippen LogP contribution >= 0.6 is 27.5 Å². The standard InChI is InChI=1S/C19H19BrClNO4/c1-4-25-19(24)15-9-13(5-6-16(15)21)22-17(23)10-26-14-7-11(2)18(20)12(3)8-14/h5-9H,4,10H2,1-3H3,(H,22,23). The molecule has 0 spiro atoms. The van der Waals surface area contributed by atoms with E-state index in [9.17, 15) is 9.59 Å². The molecule has 26 heavy (non-hydrogen) atoms. The number of hydrogen-bond donors (Lipinski definition) is 1. The molecule has 1 N–H and O–H groups in total. The van der Waals surface area contributed by atoms with E-state index in [-0.39, 0.29) is 29.7 Å². The fourth-order valence-corrected chi connectivity index (χ4v) is 2.73. The molecule has 0 aromatic heterocycles. The highest BCUT2D eigenvalue weighted by Gasteiger charge is 2.13. The maximum absolute atomic E-state index is 12.1. The molecule has 2 aromatic carbocycles. The van der Waals surface area contributed by atoms with E-state index >= 15 is 0 Å². The summed E-state index contributed by atoms with van der Waals surface area (Å²) in [5, 5.41) is 2.94. The number of nitrogens with one attached hydrogen (secondary N) is 1. The van der Waals surface area contributed by atoms with Crippen LogP contribution in [0, 0.1) is 13.8 Å². The van der Waals surface area contributed by atoms with Gasteiger partial charge in [-0.1, -0.05) is 27.5 Å². The van der Waals surface area contributed by atoms with Crippen LogP contribution in [0.5, 0.6) is 5.75 Å². The molecule has 5 nitrogen and oxygen atoms in total. The molecule has 0 aliphatic carbocycles. The molecule has 0 fully saturated rings. The third-order valence-corrected chi connectivity index (χ3v) is 5.11. The van der Waals surface area contributed by atoms with Gasteiger partial charge in [-0.05, 0) is 62.2 Å². The summed E-state index contributed by atoms with van der Waals surface area (Å²) < 4.78 is 11.5. The van der Waals surface area contributed by atoms with Crippen molar-refractivity contribution < 1.29 is 19.1 Å². The van der Waals surface area contributed by atoms with E-state index in [0.29, 0.717) is 11.4 Å². The Bertz CT molecular complexity index is 815. The molecule has 2 rings (SSSR count). The lowest BCUT2D eigenvalue weighted by Gasteiger charge is -2.11. The molecule has 7 heteroatoms. The van der Waals surface area contributed by atoms with Gasteiger partial charge in [0.15, 0.2) is 6.61 Å². The van der Waals surface area contributed by atoms with Crippen LogP contribution in [-0.2, 0) is 9.53 Å². The van der Waals surface area contributed by atoms with Gasteiger partial charge in [-0.25, -0.2) is 4.79 Å². The fraction of sp³-hybridized carbons (Fsp3) is 0.263. The van der Waals surface area contributed by atoms with Crippen molar-refractivity contribution in [2.24, 2.45) is 0 Å². The zero-order chi connectivity index (χ0) is 19.3. The highest BCUT2D eigenvalue weighted by Crippen LogP contribution is 2.26. The lowest BCUT2D eigenvalue weighted by Crippen LogP contribution is -2.20. The van der Waals surface area contributed by atoms with E-state index in [4.69, 9.17) is 21.1 Å². The van der Waals surface area contributed by atoms with Crippen molar-refractivity contribution in [3.63, 3.8) is 0 Å². The van der Waals surface area contributed by atoms with Crippen LogP contribution in [0.3, 0.4) is 0 Å². The average Bonchev–Trinajstić information content (AvgIpc) is 2.59. The number of benzene rings is 2. The first-order valence-electron chi connectivity index (χ1n) is 7.98. The van der Waals surface area contributed by atoms with Gasteiger partial charge in [0.1, 0.15) is 5.75 Å². The molecule has 0 unspecified atom stereocenters. The topological polar surface area (TPSA) is 64.6 Å². The lowest BCUT2D eigenvalue weighted by atomic mass is 10.1. The van der Waals surface area contributed by atoms with Gasteiger partial charge >= 0.3 is 5.97 Å². The number of aryl methyl sites for hydroxylation is 2. The number of carbonyl (C=O) groups excluding carboxylic acids is 2. The third kappa shape index (κ3) is 5.22. The first kappa shape index (κ1) is 20.3. The van der Waals surface area contributed by atoms with Crippen molar-refractivity contribution in [3.8, 4) is 5.75 Å². The number of hydrogen-bond acceptors (Lipinski definition) is 4. The number of anilines is 1. The zero-order valence-corrected chi connectivity index (χ0v) is 17.0.